The van der Waals surface area contributed by atoms with Crippen molar-refractivity contribution in [3.8, 4) is 5.75 Å². The number of hydrogen-bond donors (Lipinski definition) is 1. The zero-order valence-electron chi connectivity index (χ0n) is 16.5. The van der Waals surface area contributed by atoms with E-state index in [1.807, 2.05) is 24.3 Å². The fourth-order valence-electron chi connectivity index (χ4n) is 3.65. The molecule has 0 radical (unpaired) electrons. The van der Waals surface area contributed by atoms with Crippen LogP contribution in [0.15, 0.2) is 47.4 Å². The fourth-order valence-corrected chi connectivity index (χ4v) is 4.41. The second-order valence-corrected chi connectivity index (χ2v) is 9.11. The molecule has 0 bridgehead atoms. The van der Waals surface area contributed by atoms with Crippen LogP contribution in [0.4, 0.5) is 4.39 Å². The van der Waals surface area contributed by atoms with Crippen LogP contribution >= 0.6 is 0 Å². The molecule has 3 rings (SSSR count). The largest absolute Gasteiger partial charge is 0.496 e. The van der Waals surface area contributed by atoms with Gasteiger partial charge in [-0.2, -0.15) is 0 Å². The first-order chi connectivity index (χ1) is 13.8. The standard InChI is InChI=1S/C21H25FN2O4S/c1-28-19-8-4-3-7-16(19)18(24-11-5-6-12-24)14-23-21(25)15-9-10-17(22)20(13-15)29(2,26)27/h3-4,7-10,13,18H,5-6,11-12,14H2,1-2H3,(H,23,25)/t18-/m0/s1. The lowest BCUT2D eigenvalue weighted by Gasteiger charge is -2.29. The van der Waals surface area contributed by atoms with Crippen LogP contribution in [0.5, 0.6) is 5.75 Å². The normalized spacial score (nSPS) is 15.8. The Morgan fingerprint density at radius 2 is 1.90 bits per heavy atom. The van der Waals surface area contributed by atoms with Gasteiger partial charge >= 0.3 is 0 Å². The van der Waals surface area contributed by atoms with Crippen LogP contribution in [0.1, 0.15) is 34.8 Å². The van der Waals surface area contributed by atoms with Crippen molar-refractivity contribution in [3.05, 3.63) is 59.4 Å². The van der Waals surface area contributed by atoms with Gasteiger partial charge in [0, 0.05) is 23.9 Å². The number of carbonyl (C=O) groups excluding carboxylic acids is 1. The molecular formula is C21H25FN2O4S. The summed E-state index contributed by atoms with van der Waals surface area (Å²) < 4.78 is 42.8. The summed E-state index contributed by atoms with van der Waals surface area (Å²) in [6.45, 7) is 2.17. The fraction of sp³-hybridized carbons (Fsp3) is 0.381. The predicted octanol–water partition coefficient (Wildman–Crippen LogP) is 2.80. The second-order valence-electron chi connectivity index (χ2n) is 7.13. The zero-order chi connectivity index (χ0) is 21.0. The van der Waals surface area contributed by atoms with Gasteiger partial charge < -0.3 is 10.1 Å². The summed E-state index contributed by atoms with van der Waals surface area (Å²) in [5, 5.41) is 2.87. The Morgan fingerprint density at radius 1 is 1.21 bits per heavy atom. The maximum atomic E-state index is 13.8. The molecule has 6 nitrogen and oxygen atoms in total. The SMILES string of the molecule is COc1ccccc1[C@H](CNC(=O)c1ccc(F)c(S(C)(=O)=O)c1)N1CCCC1. The summed E-state index contributed by atoms with van der Waals surface area (Å²) in [5.74, 6) is -0.568. The Bertz CT molecular complexity index is 988. The van der Waals surface area contributed by atoms with Gasteiger partial charge in [0.15, 0.2) is 9.84 Å². The van der Waals surface area contributed by atoms with Gasteiger partial charge in [0.25, 0.3) is 5.91 Å². The number of amides is 1. The van der Waals surface area contributed by atoms with E-state index in [0.717, 1.165) is 55.6 Å². The van der Waals surface area contributed by atoms with E-state index in [9.17, 15) is 17.6 Å². The summed E-state index contributed by atoms with van der Waals surface area (Å²) in [6, 6.07) is 11.0. The summed E-state index contributed by atoms with van der Waals surface area (Å²) in [7, 11) is -2.15. The Balaban J connectivity index is 1.82. The van der Waals surface area contributed by atoms with E-state index in [-0.39, 0.29) is 11.6 Å². The molecule has 29 heavy (non-hydrogen) atoms. The number of ether oxygens (including phenoxy) is 1. The number of nitrogens with zero attached hydrogens (tertiary/aromatic N) is 1. The van der Waals surface area contributed by atoms with E-state index in [1.54, 1.807) is 7.11 Å². The maximum Gasteiger partial charge on any atom is 0.251 e. The number of methoxy groups -OCH3 is 1. The van der Waals surface area contributed by atoms with Crippen LogP contribution in [0.25, 0.3) is 0 Å². The van der Waals surface area contributed by atoms with E-state index in [1.165, 1.54) is 6.07 Å². The second kappa shape index (κ2) is 8.92. The minimum Gasteiger partial charge on any atom is -0.496 e. The predicted molar refractivity (Wildman–Crippen MR) is 108 cm³/mol. The first-order valence-electron chi connectivity index (χ1n) is 9.46. The van der Waals surface area contributed by atoms with Gasteiger partial charge in [0.05, 0.1) is 13.2 Å². The molecule has 1 amide bonds. The van der Waals surface area contributed by atoms with Gasteiger partial charge in [0.2, 0.25) is 0 Å². The number of nitrogens with one attached hydrogen (secondary N) is 1. The number of para-hydroxylation sites is 1. The van der Waals surface area contributed by atoms with Crippen molar-refractivity contribution in [1.29, 1.82) is 0 Å². The molecule has 1 aliphatic rings. The number of hydrogen-bond acceptors (Lipinski definition) is 5. The quantitative estimate of drug-likeness (QED) is 0.746. The number of halogens is 1. The zero-order valence-corrected chi connectivity index (χ0v) is 17.3. The molecule has 1 saturated heterocycles. The van der Waals surface area contributed by atoms with Gasteiger partial charge in [-0.25, -0.2) is 12.8 Å². The van der Waals surface area contributed by atoms with Crippen molar-refractivity contribution in [2.45, 2.75) is 23.8 Å². The van der Waals surface area contributed by atoms with E-state index >= 15 is 0 Å². The molecule has 156 valence electrons. The molecule has 1 N–H and O–H groups in total. The average Bonchev–Trinajstić information content (AvgIpc) is 3.22. The van der Waals surface area contributed by atoms with Crippen LogP contribution in [-0.2, 0) is 9.84 Å². The molecular weight excluding hydrogens is 395 g/mol. The molecule has 2 aromatic rings. The molecule has 1 fully saturated rings. The molecule has 0 aliphatic carbocycles. The van der Waals surface area contributed by atoms with Gasteiger partial charge in [0.1, 0.15) is 16.5 Å². The lowest BCUT2D eigenvalue weighted by Crippen LogP contribution is -2.37. The third kappa shape index (κ3) is 4.94. The number of carbonyl (C=O) groups is 1. The summed E-state index contributed by atoms with van der Waals surface area (Å²) in [5.41, 5.74) is 1.08. The molecule has 0 saturated carbocycles. The number of likely N-dealkylation sites (tertiary alicyclic amines) is 1. The smallest absolute Gasteiger partial charge is 0.251 e. The molecule has 1 atom stereocenters. The Hall–Kier alpha value is -2.45. The van der Waals surface area contributed by atoms with Gasteiger partial charge in [-0.15, -0.1) is 0 Å². The highest BCUT2D eigenvalue weighted by atomic mass is 32.2. The molecule has 2 aromatic carbocycles. The maximum absolute atomic E-state index is 13.8. The Labute approximate surface area is 170 Å². The number of benzene rings is 2. The van der Waals surface area contributed by atoms with Gasteiger partial charge in [-0.05, 0) is 50.2 Å². The highest BCUT2D eigenvalue weighted by Gasteiger charge is 2.26. The van der Waals surface area contributed by atoms with Crippen molar-refractivity contribution in [2.24, 2.45) is 0 Å². The van der Waals surface area contributed by atoms with Crippen LogP contribution in [0.3, 0.4) is 0 Å². The van der Waals surface area contributed by atoms with Crippen molar-refractivity contribution < 1.29 is 22.3 Å². The first kappa shape index (κ1) is 21.3. The van der Waals surface area contributed by atoms with Crippen molar-refractivity contribution in [3.63, 3.8) is 0 Å². The Morgan fingerprint density at radius 3 is 2.55 bits per heavy atom. The summed E-state index contributed by atoms with van der Waals surface area (Å²) in [6.07, 6.45) is 3.10. The molecule has 0 spiro atoms. The minimum atomic E-state index is -3.77. The van der Waals surface area contributed by atoms with E-state index in [2.05, 4.69) is 10.2 Å². The van der Waals surface area contributed by atoms with Crippen LogP contribution in [-0.4, -0.2) is 52.2 Å². The van der Waals surface area contributed by atoms with E-state index in [4.69, 9.17) is 4.74 Å². The van der Waals surface area contributed by atoms with Crippen molar-refractivity contribution in [1.82, 2.24) is 10.2 Å². The lowest BCUT2D eigenvalue weighted by molar-refractivity contribution is 0.0937. The third-order valence-corrected chi connectivity index (χ3v) is 6.24. The van der Waals surface area contributed by atoms with Gasteiger partial charge in [-0.3, -0.25) is 9.69 Å². The molecule has 0 unspecified atom stereocenters. The minimum absolute atomic E-state index is 0.0765. The van der Waals surface area contributed by atoms with E-state index < -0.39 is 26.5 Å². The van der Waals surface area contributed by atoms with Gasteiger partial charge in [-0.1, -0.05) is 18.2 Å². The third-order valence-electron chi connectivity index (χ3n) is 5.13. The first-order valence-corrected chi connectivity index (χ1v) is 11.3. The lowest BCUT2D eigenvalue weighted by atomic mass is 10.0. The summed E-state index contributed by atoms with van der Waals surface area (Å²) in [4.78, 5) is 14.5. The number of sulfone groups is 1. The molecule has 8 heteroatoms. The summed E-state index contributed by atoms with van der Waals surface area (Å²) >= 11 is 0. The number of rotatable bonds is 7. The molecule has 1 aliphatic heterocycles. The Kier molecular flexibility index (Phi) is 6.54. The molecule has 0 aromatic heterocycles. The monoisotopic (exact) mass is 420 g/mol. The average molecular weight is 421 g/mol. The van der Waals surface area contributed by atoms with Crippen molar-refractivity contribution >= 4 is 15.7 Å². The molecule has 1 heterocycles. The van der Waals surface area contributed by atoms with Crippen LogP contribution in [0, 0.1) is 5.82 Å². The van der Waals surface area contributed by atoms with Crippen LogP contribution in [0.2, 0.25) is 0 Å². The van der Waals surface area contributed by atoms with Crippen molar-refractivity contribution in [2.75, 3.05) is 33.0 Å². The highest BCUT2D eigenvalue weighted by molar-refractivity contribution is 7.90. The van der Waals surface area contributed by atoms with Crippen LogP contribution < -0.4 is 10.1 Å². The topological polar surface area (TPSA) is 75.7 Å². The highest BCUT2D eigenvalue weighted by Crippen LogP contribution is 2.31. The van der Waals surface area contributed by atoms with E-state index in [0.29, 0.717) is 6.54 Å².